The number of rotatable bonds is 5. The van der Waals surface area contributed by atoms with E-state index in [1.807, 2.05) is 0 Å². The van der Waals surface area contributed by atoms with Crippen molar-refractivity contribution in [2.75, 3.05) is 12.9 Å². The van der Waals surface area contributed by atoms with Gasteiger partial charge in [-0.3, -0.25) is 23.5 Å². The molecule has 1 aliphatic rings. The zero-order valence-corrected chi connectivity index (χ0v) is 12.2. The molecule has 8 heteroatoms. The molecule has 1 atom stereocenters. The lowest BCUT2D eigenvalue weighted by molar-refractivity contribution is -0.121. The van der Waals surface area contributed by atoms with Gasteiger partial charge in [-0.2, -0.15) is 8.42 Å². The van der Waals surface area contributed by atoms with Crippen LogP contribution in [0.15, 0.2) is 24.3 Å². The molecule has 0 aliphatic carbocycles. The van der Waals surface area contributed by atoms with E-state index in [0.29, 0.717) is 0 Å². The predicted octanol–water partition coefficient (Wildman–Crippen LogP) is 0.216. The lowest BCUT2D eigenvalue weighted by Crippen LogP contribution is -2.47. The third kappa shape index (κ3) is 3.01. The number of benzene rings is 1. The summed E-state index contributed by atoms with van der Waals surface area (Å²) in [5.74, 6) is -1.80. The Bertz CT molecular complexity index is 689. The van der Waals surface area contributed by atoms with Crippen LogP contribution in [0.2, 0.25) is 0 Å². The number of hydrogen-bond acceptors (Lipinski definition) is 6. The maximum atomic E-state index is 12.2. The average Bonchev–Trinajstić information content (AvgIpc) is 2.63. The first-order valence-corrected chi connectivity index (χ1v) is 7.86. The van der Waals surface area contributed by atoms with Crippen molar-refractivity contribution in [3.63, 3.8) is 0 Å². The molecule has 1 aromatic rings. The molecule has 7 nitrogen and oxygen atoms in total. The van der Waals surface area contributed by atoms with Crippen molar-refractivity contribution in [2.24, 2.45) is 0 Å². The summed E-state index contributed by atoms with van der Waals surface area (Å²) in [6, 6.07) is 4.88. The van der Waals surface area contributed by atoms with Gasteiger partial charge in [0, 0.05) is 0 Å². The topological polar surface area (TPSA) is 97.8 Å². The molecular weight excluding hydrogens is 298 g/mol. The predicted molar refractivity (Wildman–Crippen MR) is 72.2 cm³/mol. The van der Waals surface area contributed by atoms with Crippen LogP contribution in [0.25, 0.3) is 0 Å². The summed E-state index contributed by atoms with van der Waals surface area (Å²) in [6.45, 7) is 0.583. The minimum atomic E-state index is -3.79. The van der Waals surface area contributed by atoms with Gasteiger partial charge in [0.25, 0.3) is 21.9 Å². The first kappa shape index (κ1) is 15.3. The molecule has 1 heterocycles. The summed E-state index contributed by atoms with van der Waals surface area (Å²) in [5.41, 5.74) is 0.376. The largest absolute Gasteiger partial charge is 0.298 e. The fourth-order valence-electron chi connectivity index (χ4n) is 2.05. The van der Waals surface area contributed by atoms with E-state index in [9.17, 15) is 22.8 Å². The summed E-state index contributed by atoms with van der Waals surface area (Å²) in [5, 5.41) is 0. The van der Waals surface area contributed by atoms with E-state index < -0.39 is 40.4 Å². The molecule has 0 saturated heterocycles. The molecule has 0 fully saturated rings. The number of amides is 2. The highest BCUT2D eigenvalue weighted by Crippen LogP contribution is 2.25. The first-order chi connectivity index (χ1) is 9.72. The molecule has 0 N–H and O–H groups in total. The van der Waals surface area contributed by atoms with Gasteiger partial charge in [0.1, 0.15) is 6.04 Å². The Morgan fingerprint density at radius 3 is 2.05 bits per heavy atom. The van der Waals surface area contributed by atoms with Crippen LogP contribution in [0.3, 0.4) is 0 Å². The SMILES string of the molecule is CC(=O)C(COS(C)(=O)=O)N1C(=O)c2ccccc2C1=O. The molecule has 0 spiro atoms. The van der Waals surface area contributed by atoms with Crippen LogP contribution in [0.5, 0.6) is 0 Å². The maximum absolute atomic E-state index is 12.2. The summed E-state index contributed by atoms with van der Waals surface area (Å²) < 4.78 is 26.6. The summed E-state index contributed by atoms with van der Waals surface area (Å²) in [6.07, 6.45) is 0.826. The minimum Gasteiger partial charge on any atom is -0.298 e. The molecule has 112 valence electrons. The first-order valence-electron chi connectivity index (χ1n) is 6.04. The van der Waals surface area contributed by atoms with Gasteiger partial charge in [-0.15, -0.1) is 0 Å². The van der Waals surface area contributed by atoms with Crippen molar-refractivity contribution in [1.29, 1.82) is 0 Å². The number of Topliss-reactive ketones (excluding diaryl/α,β-unsaturated/α-hetero) is 1. The molecular formula is C13H13NO6S. The van der Waals surface area contributed by atoms with Gasteiger partial charge < -0.3 is 0 Å². The monoisotopic (exact) mass is 311 g/mol. The smallest absolute Gasteiger partial charge is 0.264 e. The molecule has 0 bridgehead atoms. The van der Waals surface area contributed by atoms with Crippen molar-refractivity contribution in [1.82, 2.24) is 4.90 Å². The van der Waals surface area contributed by atoms with Gasteiger partial charge in [0.15, 0.2) is 5.78 Å². The highest BCUT2D eigenvalue weighted by molar-refractivity contribution is 7.85. The van der Waals surface area contributed by atoms with E-state index in [1.54, 1.807) is 12.1 Å². The van der Waals surface area contributed by atoms with Gasteiger partial charge in [0.05, 0.1) is 24.0 Å². The zero-order chi connectivity index (χ0) is 15.8. The van der Waals surface area contributed by atoms with Crippen LogP contribution in [0.4, 0.5) is 0 Å². The van der Waals surface area contributed by atoms with Crippen LogP contribution in [0, 0.1) is 0 Å². The van der Waals surface area contributed by atoms with E-state index in [0.717, 1.165) is 11.2 Å². The van der Waals surface area contributed by atoms with Crippen LogP contribution in [0.1, 0.15) is 27.6 Å². The third-order valence-corrected chi connectivity index (χ3v) is 3.61. The maximum Gasteiger partial charge on any atom is 0.264 e. The number of fused-ring (bicyclic) bond motifs is 1. The van der Waals surface area contributed by atoms with Gasteiger partial charge in [-0.1, -0.05) is 12.1 Å². The van der Waals surface area contributed by atoms with E-state index in [1.165, 1.54) is 19.1 Å². The molecule has 1 aromatic carbocycles. The quantitative estimate of drug-likeness (QED) is 0.570. The van der Waals surface area contributed by atoms with Crippen LogP contribution >= 0.6 is 0 Å². The fraction of sp³-hybridized carbons (Fsp3) is 0.308. The normalized spacial score (nSPS) is 16.0. The Morgan fingerprint density at radius 2 is 1.67 bits per heavy atom. The molecule has 0 saturated carbocycles. The van der Waals surface area contributed by atoms with Gasteiger partial charge in [-0.05, 0) is 19.1 Å². The Balaban J connectivity index is 2.33. The Labute approximate surface area is 121 Å². The Kier molecular flexibility index (Phi) is 3.93. The number of imide groups is 1. The van der Waals surface area contributed by atoms with E-state index >= 15 is 0 Å². The van der Waals surface area contributed by atoms with E-state index in [4.69, 9.17) is 0 Å². The molecule has 1 unspecified atom stereocenters. The van der Waals surface area contributed by atoms with Gasteiger partial charge in [-0.25, -0.2) is 0 Å². The highest BCUT2D eigenvalue weighted by Gasteiger charge is 2.41. The Morgan fingerprint density at radius 1 is 1.19 bits per heavy atom. The average molecular weight is 311 g/mol. The van der Waals surface area contributed by atoms with Crippen LogP contribution < -0.4 is 0 Å². The molecule has 2 rings (SSSR count). The van der Waals surface area contributed by atoms with Crippen molar-refractivity contribution < 1.29 is 27.0 Å². The van der Waals surface area contributed by atoms with Crippen molar-refractivity contribution in [3.05, 3.63) is 35.4 Å². The minimum absolute atomic E-state index is 0.188. The second-order valence-corrected chi connectivity index (χ2v) is 6.28. The van der Waals surface area contributed by atoms with Crippen LogP contribution in [-0.2, 0) is 19.1 Å². The zero-order valence-electron chi connectivity index (χ0n) is 11.4. The lowest BCUT2D eigenvalue weighted by Gasteiger charge is -2.23. The van der Waals surface area contributed by atoms with E-state index in [2.05, 4.69) is 4.18 Å². The number of hydrogen-bond donors (Lipinski definition) is 0. The van der Waals surface area contributed by atoms with Gasteiger partial charge >= 0.3 is 0 Å². The second-order valence-electron chi connectivity index (χ2n) is 4.64. The Hall–Kier alpha value is -2.06. The van der Waals surface area contributed by atoms with Crippen molar-refractivity contribution >= 4 is 27.7 Å². The van der Waals surface area contributed by atoms with Gasteiger partial charge in [0.2, 0.25) is 0 Å². The summed E-state index contributed by atoms with van der Waals surface area (Å²) >= 11 is 0. The summed E-state index contributed by atoms with van der Waals surface area (Å²) in [4.78, 5) is 36.9. The lowest BCUT2D eigenvalue weighted by atomic mass is 10.1. The van der Waals surface area contributed by atoms with E-state index in [-0.39, 0.29) is 11.1 Å². The third-order valence-electron chi connectivity index (χ3n) is 3.05. The standard InChI is InChI=1S/C13H13NO6S/c1-8(15)11(7-20-21(2,18)19)14-12(16)9-5-3-4-6-10(9)13(14)17/h3-6,11H,7H2,1-2H3. The number of nitrogens with zero attached hydrogens (tertiary/aromatic N) is 1. The van der Waals surface area contributed by atoms with Crippen molar-refractivity contribution in [2.45, 2.75) is 13.0 Å². The number of ketones is 1. The van der Waals surface area contributed by atoms with Crippen molar-refractivity contribution in [3.8, 4) is 0 Å². The molecule has 1 aliphatic heterocycles. The second kappa shape index (κ2) is 5.38. The molecule has 0 aromatic heterocycles. The number of carbonyl (C=O) groups excluding carboxylic acids is 3. The number of carbonyl (C=O) groups is 3. The fourth-order valence-corrected chi connectivity index (χ4v) is 2.43. The van der Waals surface area contributed by atoms with Crippen LogP contribution in [-0.4, -0.2) is 49.8 Å². The summed E-state index contributed by atoms with van der Waals surface area (Å²) in [7, 11) is -3.79. The molecule has 2 amide bonds. The molecule has 21 heavy (non-hydrogen) atoms. The highest BCUT2D eigenvalue weighted by atomic mass is 32.2. The molecule has 0 radical (unpaired) electrons.